The Bertz CT molecular complexity index is 266. The Morgan fingerprint density at radius 1 is 1.50 bits per heavy atom. The lowest BCUT2D eigenvalue weighted by Gasteiger charge is -2.23. The minimum Gasteiger partial charge on any atom is -0.381 e. The van der Waals surface area contributed by atoms with Crippen molar-refractivity contribution in [3.05, 3.63) is 0 Å². The molecule has 1 unspecified atom stereocenters. The van der Waals surface area contributed by atoms with Gasteiger partial charge in [-0.2, -0.15) is 0 Å². The van der Waals surface area contributed by atoms with Gasteiger partial charge in [0, 0.05) is 19.2 Å². The molecule has 0 aromatic heterocycles. The van der Waals surface area contributed by atoms with Crippen molar-refractivity contribution in [1.82, 2.24) is 10.0 Å². The molecule has 0 saturated carbocycles. The van der Waals surface area contributed by atoms with Crippen LogP contribution in [0.3, 0.4) is 0 Å². The van der Waals surface area contributed by atoms with Gasteiger partial charge in [-0.15, -0.1) is 12.4 Å². The molecule has 0 aliphatic carbocycles. The van der Waals surface area contributed by atoms with E-state index in [1.54, 1.807) is 0 Å². The minimum atomic E-state index is -3.17. The van der Waals surface area contributed by atoms with E-state index in [1.165, 1.54) is 0 Å². The number of hydrogen-bond donors (Lipinski definition) is 2. The van der Waals surface area contributed by atoms with Crippen LogP contribution in [-0.4, -0.2) is 46.5 Å². The summed E-state index contributed by atoms with van der Waals surface area (Å²) in [4.78, 5) is 0. The molecular formula is C9H21ClN2O3S. The Hall–Kier alpha value is 0.120. The summed E-state index contributed by atoms with van der Waals surface area (Å²) in [5, 5.41) is 3.17. The monoisotopic (exact) mass is 272 g/mol. The molecular weight excluding hydrogens is 252 g/mol. The molecule has 1 aliphatic heterocycles. The van der Waals surface area contributed by atoms with E-state index in [9.17, 15) is 8.42 Å². The van der Waals surface area contributed by atoms with Crippen molar-refractivity contribution >= 4 is 22.4 Å². The van der Waals surface area contributed by atoms with Crippen molar-refractivity contribution in [2.45, 2.75) is 25.8 Å². The van der Waals surface area contributed by atoms with Gasteiger partial charge in [-0.1, -0.05) is 0 Å². The van der Waals surface area contributed by atoms with Crippen LogP contribution >= 0.6 is 12.4 Å². The summed E-state index contributed by atoms with van der Waals surface area (Å²) in [5.41, 5.74) is 0. The number of halogens is 1. The molecule has 5 nitrogen and oxygen atoms in total. The first-order chi connectivity index (χ1) is 7.14. The van der Waals surface area contributed by atoms with Crippen LogP contribution in [0.5, 0.6) is 0 Å². The normalized spacial score (nSPS) is 21.4. The third kappa shape index (κ3) is 6.65. The highest BCUT2D eigenvalue weighted by Gasteiger charge is 2.19. The van der Waals surface area contributed by atoms with Crippen molar-refractivity contribution in [3.63, 3.8) is 0 Å². The van der Waals surface area contributed by atoms with Crippen molar-refractivity contribution in [1.29, 1.82) is 0 Å². The van der Waals surface area contributed by atoms with Crippen molar-refractivity contribution < 1.29 is 13.2 Å². The van der Waals surface area contributed by atoms with Crippen LogP contribution in [0.1, 0.15) is 19.8 Å². The van der Waals surface area contributed by atoms with Crippen LogP contribution < -0.4 is 10.0 Å². The van der Waals surface area contributed by atoms with Gasteiger partial charge in [0.05, 0.1) is 12.4 Å². The molecule has 0 radical (unpaired) electrons. The van der Waals surface area contributed by atoms with Gasteiger partial charge < -0.3 is 10.1 Å². The highest BCUT2D eigenvalue weighted by atomic mass is 35.5. The van der Waals surface area contributed by atoms with Crippen molar-refractivity contribution in [2.24, 2.45) is 0 Å². The van der Waals surface area contributed by atoms with E-state index in [2.05, 4.69) is 10.0 Å². The highest BCUT2D eigenvalue weighted by molar-refractivity contribution is 7.89. The lowest BCUT2D eigenvalue weighted by atomic mass is 10.1. The maximum absolute atomic E-state index is 11.6. The molecule has 0 spiro atoms. The second-order valence-electron chi connectivity index (χ2n) is 3.68. The summed E-state index contributed by atoms with van der Waals surface area (Å²) >= 11 is 0. The zero-order valence-corrected chi connectivity index (χ0v) is 11.2. The molecule has 98 valence electrons. The molecule has 1 saturated heterocycles. The van der Waals surface area contributed by atoms with E-state index in [1.807, 2.05) is 6.92 Å². The van der Waals surface area contributed by atoms with E-state index in [-0.39, 0.29) is 30.8 Å². The lowest BCUT2D eigenvalue weighted by Crippen LogP contribution is -2.46. The first-order valence-corrected chi connectivity index (χ1v) is 7.08. The molecule has 0 aromatic carbocycles. The number of ether oxygens (including phenoxy) is 1. The number of rotatable bonds is 6. The van der Waals surface area contributed by atoms with Gasteiger partial charge in [0.1, 0.15) is 0 Å². The smallest absolute Gasteiger partial charge is 0.214 e. The summed E-state index contributed by atoms with van der Waals surface area (Å²) in [6.45, 7) is 4.39. The van der Waals surface area contributed by atoms with Gasteiger partial charge in [0.25, 0.3) is 0 Å². The average molecular weight is 273 g/mol. The number of sulfonamides is 1. The third-order valence-corrected chi connectivity index (χ3v) is 3.74. The Kier molecular flexibility index (Phi) is 8.31. The summed E-state index contributed by atoms with van der Waals surface area (Å²) in [5.74, 6) is 0.0529. The van der Waals surface area contributed by atoms with Crippen LogP contribution in [-0.2, 0) is 14.8 Å². The fourth-order valence-electron chi connectivity index (χ4n) is 1.58. The zero-order chi connectivity index (χ0) is 11.1. The predicted molar refractivity (Wildman–Crippen MR) is 66.6 cm³/mol. The standard InChI is InChI=1S/C9H20N2O3S.ClH/c1-2-14-6-7-15(12,13)11-9-4-3-5-10-8-9;/h9-11H,2-8H2,1H3;1H. The van der Waals surface area contributed by atoms with Crippen LogP contribution in [0.25, 0.3) is 0 Å². The summed E-state index contributed by atoms with van der Waals surface area (Å²) in [6.07, 6.45) is 1.94. The van der Waals surface area contributed by atoms with Crippen LogP contribution in [0.15, 0.2) is 0 Å². The molecule has 0 amide bonds. The molecule has 0 aromatic rings. The van der Waals surface area contributed by atoms with E-state index in [0.717, 1.165) is 25.9 Å². The van der Waals surface area contributed by atoms with Gasteiger partial charge in [0.2, 0.25) is 10.0 Å². The van der Waals surface area contributed by atoms with Crippen molar-refractivity contribution in [3.8, 4) is 0 Å². The zero-order valence-electron chi connectivity index (χ0n) is 9.57. The van der Waals surface area contributed by atoms with Crippen LogP contribution in [0.2, 0.25) is 0 Å². The summed E-state index contributed by atoms with van der Waals surface area (Å²) in [6, 6.07) is 0.0466. The molecule has 0 bridgehead atoms. The van der Waals surface area contributed by atoms with Gasteiger partial charge in [0.15, 0.2) is 0 Å². The van der Waals surface area contributed by atoms with E-state index < -0.39 is 10.0 Å². The van der Waals surface area contributed by atoms with Gasteiger partial charge in [-0.05, 0) is 26.3 Å². The molecule has 1 atom stereocenters. The van der Waals surface area contributed by atoms with Crippen LogP contribution in [0.4, 0.5) is 0 Å². The molecule has 1 rings (SSSR count). The summed E-state index contributed by atoms with van der Waals surface area (Å²) < 4.78 is 30.8. The molecule has 1 aliphatic rings. The summed E-state index contributed by atoms with van der Waals surface area (Å²) in [7, 11) is -3.17. The fraction of sp³-hybridized carbons (Fsp3) is 1.00. The number of piperidine rings is 1. The van der Waals surface area contributed by atoms with Gasteiger partial charge in [-0.3, -0.25) is 0 Å². The fourth-order valence-corrected chi connectivity index (χ4v) is 2.74. The number of hydrogen-bond acceptors (Lipinski definition) is 4. The maximum atomic E-state index is 11.6. The second kappa shape index (κ2) is 8.25. The van der Waals surface area contributed by atoms with E-state index in [0.29, 0.717) is 6.61 Å². The second-order valence-corrected chi connectivity index (χ2v) is 5.55. The molecule has 7 heteroatoms. The predicted octanol–water partition coefficient (Wildman–Crippen LogP) is 0.116. The first-order valence-electron chi connectivity index (χ1n) is 5.42. The quantitative estimate of drug-likeness (QED) is 0.674. The Labute approximate surface area is 104 Å². The lowest BCUT2D eigenvalue weighted by molar-refractivity contribution is 0.163. The third-order valence-electron chi connectivity index (χ3n) is 2.34. The Morgan fingerprint density at radius 3 is 2.81 bits per heavy atom. The maximum Gasteiger partial charge on any atom is 0.214 e. The van der Waals surface area contributed by atoms with E-state index >= 15 is 0 Å². The Morgan fingerprint density at radius 2 is 2.25 bits per heavy atom. The van der Waals surface area contributed by atoms with Crippen molar-refractivity contribution in [2.75, 3.05) is 32.1 Å². The number of nitrogens with one attached hydrogen (secondary N) is 2. The topological polar surface area (TPSA) is 67.4 Å². The van der Waals surface area contributed by atoms with Gasteiger partial charge in [-0.25, -0.2) is 13.1 Å². The average Bonchev–Trinajstić information content (AvgIpc) is 2.18. The first kappa shape index (κ1) is 16.1. The highest BCUT2D eigenvalue weighted by Crippen LogP contribution is 2.03. The van der Waals surface area contributed by atoms with Gasteiger partial charge >= 0.3 is 0 Å². The molecule has 16 heavy (non-hydrogen) atoms. The molecule has 1 fully saturated rings. The molecule has 2 N–H and O–H groups in total. The molecule has 1 heterocycles. The van der Waals surface area contributed by atoms with Crippen LogP contribution in [0, 0.1) is 0 Å². The minimum absolute atomic E-state index is 0. The van der Waals surface area contributed by atoms with E-state index in [4.69, 9.17) is 4.74 Å². The largest absolute Gasteiger partial charge is 0.381 e. The SMILES string of the molecule is CCOCCS(=O)(=O)NC1CCCNC1.Cl. The Balaban J connectivity index is 0.00000225.